The minimum Gasteiger partial charge on any atom is -0.368 e. The zero-order valence-corrected chi connectivity index (χ0v) is 17.5. The topological polar surface area (TPSA) is 90.2 Å². The number of benzene rings is 1. The molecule has 0 amide bonds. The Bertz CT molecular complexity index is 1220. The van der Waals surface area contributed by atoms with E-state index in [1.54, 1.807) is 4.52 Å². The first kappa shape index (κ1) is 18.5. The highest BCUT2D eigenvalue weighted by molar-refractivity contribution is 5.65. The molecule has 4 heterocycles. The van der Waals surface area contributed by atoms with Crippen molar-refractivity contribution in [3.8, 4) is 11.3 Å². The van der Waals surface area contributed by atoms with Crippen LogP contribution in [0.15, 0.2) is 42.6 Å². The van der Waals surface area contributed by atoms with Crippen LogP contribution in [-0.2, 0) is 19.5 Å². The lowest BCUT2D eigenvalue weighted by Gasteiger charge is -2.31. The molecule has 1 aromatic carbocycles. The van der Waals surface area contributed by atoms with Crippen LogP contribution in [0.1, 0.15) is 42.5 Å². The van der Waals surface area contributed by atoms with Gasteiger partial charge in [0.05, 0.1) is 11.4 Å². The van der Waals surface area contributed by atoms with Gasteiger partial charge in [-0.05, 0) is 12.8 Å². The van der Waals surface area contributed by atoms with E-state index in [2.05, 4.69) is 25.7 Å². The third-order valence-electron chi connectivity index (χ3n) is 6.58. The quantitative estimate of drug-likeness (QED) is 0.540. The fourth-order valence-electron chi connectivity index (χ4n) is 4.62. The van der Waals surface area contributed by atoms with Gasteiger partial charge in [-0.1, -0.05) is 36.8 Å². The number of rotatable bonds is 5. The van der Waals surface area contributed by atoms with Crippen molar-refractivity contribution in [2.75, 3.05) is 18.8 Å². The predicted molar refractivity (Wildman–Crippen MR) is 118 cm³/mol. The van der Waals surface area contributed by atoms with Gasteiger partial charge in [0.25, 0.3) is 0 Å². The van der Waals surface area contributed by atoms with Crippen molar-refractivity contribution in [2.45, 2.75) is 44.7 Å². The highest BCUT2D eigenvalue weighted by atomic mass is 15.3. The highest BCUT2D eigenvalue weighted by Gasteiger charge is 2.27. The smallest absolute Gasteiger partial charge is 0.223 e. The molecule has 2 N–H and O–H groups in total. The maximum atomic E-state index is 6.17. The second kappa shape index (κ2) is 7.46. The second-order valence-corrected chi connectivity index (χ2v) is 8.58. The van der Waals surface area contributed by atoms with Crippen molar-refractivity contribution in [2.24, 2.45) is 0 Å². The van der Waals surface area contributed by atoms with Crippen molar-refractivity contribution in [3.05, 3.63) is 59.9 Å². The predicted octanol–water partition coefficient (Wildman–Crippen LogP) is 2.90. The summed E-state index contributed by atoms with van der Waals surface area (Å²) in [4.78, 5) is 16.4. The van der Waals surface area contributed by atoms with E-state index < -0.39 is 0 Å². The van der Waals surface area contributed by atoms with Crippen LogP contribution in [0.2, 0.25) is 0 Å². The summed E-state index contributed by atoms with van der Waals surface area (Å²) in [5.74, 6) is 3.15. The van der Waals surface area contributed by atoms with Gasteiger partial charge in [0, 0.05) is 56.3 Å². The number of hydrogen-bond acceptors (Lipinski definition) is 6. The molecule has 31 heavy (non-hydrogen) atoms. The molecule has 1 aliphatic heterocycles. The molecule has 0 bridgehead atoms. The number of nitrogen functional groups attached to an aromatic ring is 1. The average molecular weight is 415 g/mol. The lowest BCUT2D eigenvalue weighted by Crippen LogP contribution is -2.36. The molecule has 0 radical (unpaired) electrons. The van der Waals surface area contributed by atoms with E-state index >= 15 is 0 Å². The van der Waals surface area contributed by atoms with Gasteiger partial charge in [0.2, 0.25) is 5.95 Å². The zero-order valence-electron chi connectivity index (χ0n) is 17.5. The lowest BCUT2D eigenvalue weighted by atomic mass is 9.85. The molecule has 0 unspecified atom stereocenters. The van der Waals surface area contributed by atoms with E-state index in [1.165, 1.54) is 30.8 Å². The molecule has 2 aliphatic rings. The van der Waals surface area contributed by atoms with Crippen molar-refractivity contribution in [1.82, 2.24) is 34.0 Å². The molecule has 6 rings (SSSR count). The minimum atomic E-state index is 0.362. The molecule has 3 aromatic heterocycles. The lowest BCUT2D eigenvalue weighted by molar-refractivity contribution is 0.217. The molecule has 0 spiro atoms. The third-order valence-corrected chi connectivity index (χ3v) is 6.58. The molecule has 0 atom stereocenters. The van der Waals surface area contributed by atoms with Gasteiger partial charge >= 0.3 is 0 Å². The minimum absolute atomic E-state index is 0.362. The summed E-state index contributed by atoms with van der Waals surface area (Å²) in [7, 11) is 0. The van der Waals surface area contributed by atoms with Gasteiger partial charge in [0.15, 0.2) is 11.5 Å². The van der Waals surface area contributed by atoms with Crippen molar-refractivity contribution in [1.29, 1.82) is 0 Å². The first-order chi connectivity index (χ1) is 15.2. The highest BCUT2D eigenvalue weighted by Crippen LogP contribution is 2.36. The zero-order chi connectivity index (χ0) is 20.8. The molecule has 1 fully saturated rings. The van der Waals surface area contributed by atoms with Gasteiger partial charge in [0.1, 0.15) is 5.82 Å². The summed E-state index contributed by atoms with van der Waals surface area (Å²) in [5, 5.41) is 4.60. The van der Waals surface area contributed by atoms with Gasteiger partial charge in [-0.3, -0.25) is 4.90 Å². The monoisotopic (exact) mass is 414 g/mol. The maximum Gasteiger partial charge on any atom is 0.223 e. The van der Waals surface area contributed by atoms with Gasteiger partial charge in [-0.25, -0.2) is 15.0 Å². The van der Waals surface area contributed by atoms with Gasteiger partial charge < -0.3 is 10.3 Å². The van der Waals surface area contributed by atoms with Crippen molar-refractivity contribution >= 4 is 11.6 Å². The number of aromatic nitrogens is 6. The Kier molecular flexibility index (Phi) is 4.45. The molecular formula is C23H26N8. The van der Waals surface area contributed by atoms with Crippen LogP contribution in [0.4, 0.5) is 5.95 Å². The van der Waals surface area contributed by atoms with Crippen LogP contribution in [0, 0.1) is 0 Å². The largest absolute Gasteiger partial charge is 0.368 e. The summed E-state index contributed by atoms with van der Waals surface area (Å²) < 4.78 is 4.08. The van der Waals surface area contributed by atoms with Crippen molar-refractivity contribution in [3.63, 3.8) is 0 Å². The Balaban J connectivity index is 1.16. The number of nitrogens with zero attached hydrogens (tertiary/aromatic N) is 7. The Morgan fingerprint density at radius 1 is 1.06 bits per heavy atom. The molecule has 1 saturated carbocycles. The second-order valence-electron chi connectivity index (χ2n) is 8.58. The molecule has 158 valence electrons. The number of anilines is 1. The first-order valence-corrected chi connectivity index (χ1v) is 11.1. The van der Waals surface area contributed by atoms with Crippen LogP contribution < -0.4 is 5.73 Å². The number of nitrogens with two attached hydrogens (primary N) is 1. The van der Waals surface area contributed by atoms with Crippen molar-refractivity contribution < 1.29 is 0 Å². The summed E-state index contributed by atoms with van der Waals surface area (Å²) in [6.07, 6.45) is 6.79. The van der Waals surface area contributed by atoms with Crippen LogP contribution >= 0.6 is 0 Å². The van der Waals surface area contributed by atoms with Crippen LogP contribution in [0.25, 0.3) is 16.9 Å². The Morgan fingerprint density at radius 2 is 1.94 bits per heavy atom. The standard InChI is InChI=1S/C23H26N8/c24-23-26-19(16-5-2-1-3-6-16)13-21-27-20(28-31(21)23)9-10-29-11-12-30-18(15-29)14-25-22(30)17-7-4-8-17/h1-3,5-6,13-14,17H,4,7-12,15H2,(H2,24,26). The molecule has 4 aromatic rings. The normalized spacial score (nSPS) is 17.0. The Hall–Kier alpha value is -3.26. The van der Waals surface area contributed by atoms with Gasteiger partial charge in [-0.15, -0.1) is 5.10 Å². The van der Waals surface area contributed by atoms with E-state index in [4.69, 9.17) is 15.7 Å². The molecule has 8 nitrogen and oxygen atoms in total. The number of hydrogen-bond donors (Lipinski definition) is 1. The molecule has 8 heteroatoms. The van der Waals surface area contributed by atoms with E-state index in [1.807, 2.05) is 36.4 Å². The first-order valence-electron chi connectivity index (χ1n) is 11.1. The van der Waals surface area contributed by atoms with E-state index in [-0.39, 0.29) is 0 Å². The Morgan fingerprint density at radius 3 is 2.74 bits per heavy atom. The summed E-state index contributed by atoms with van der Waals surface area (Å²) in [6, 6.07) is 12.0. The summed E-state index contributed by atoms with van der Waals surface area (Å²) >= 11 is 0. The number of fused-ring (bicyclic) bond motifs is 2. The van der Waals surface area contributed by atoms with Crippen LogP contribution in [-0.4, -0.2) is 47.1 Å². The summed E-state index contributed by atoms with van der Waals surface area (Å²) in [6.45, 7) is 3.92. The van der Waals surface area contributed by atoms with E-state index in [9.17, 15) is 0 Å². The Labute approximate surface area is 180 Å². The van der Waals surface area contributed by atoms with Crippen LogP contribution in [0.3, 0.4) is 0 Å². The number of imidazole rings is 1. The fourth-order valence-corrected chi connectivity index (χ4v) is 4.62. The molecular weight excluding hydrogens is 388 g/mol. The average Bonchev–Trinajstić information content (AvgIpc) is 3.36. The SMILES string of the molecule is Nc1nc(-c2ccccc2)cc2nc(CCN3CCn4c(cnc4C4CCC4)C3)nn12. The molecule has 1 aliphatic carbocycles. The fraction of sp³-hybridized carbons (Fsp3) is 0.391. The molecule has 0 saturated heterocycles. The van der Waals surface area contributed by atoms with E-state index in [0.29, 0.717) is 11.9 Å². The maximum absolute atomic E-state index is 6.17. The van der Waals surface area contributed by atoms with Crippen LogP contribution in [0.5, 0.6) is 0 Å². The summed E-state index contributed by atoms with van der Waals surface area (Å²) in [5.41, 5.74) is 10.1. The van der Waals surface area contributed by atoms with E-state index in [0.717, 1.165) is 55.3 Å². The third kappa shape index (κ3) is 3.37. The van der Waals surface area contributed by atoms with Gasteiger partial charge in [-0.2, -0.15) is 4.52 Å².